The van der Waals surface area contributed by atoms with Gasteiger partial charge in [0.15, 0.2) is 0 Å². The molecule has 0 unspecified atom stereocenters. The molecule has 0 saturated heterocycles. The van der Waals surface area contributed by atoms with E-state index in [-0.39, 0.29) is 6.79 Å². The summed E-state index contributed by atoms with van der Waals surface area (Å²) in [6.45, 7) is 2.31. The van der Waals surface area contributed by atoms with Gasteiger partial charge in [-0.15, -0.1) is 0 Å². The largest absolute Gasteiger partial charge is 0.458 e. The highest BCUT2D eigenvalue weighted by Crippen LogP contribution is 2.16. The van der Waals surface area contributed by atoms with Gasteiger partial charge in [-0.25, -0.2) is 0 Å². The minimum atomic E-state index is 0.210. The third-order valence-corrected chi connectivity index (χ3v) is 3.65. The summed E-state index contributed by atoms with van der Waals surface area (Å²) in [7, 11) is 0. The van der Waals surface area contributed by atoms with E-state index in [1.165, 1.54) is 16.7 Å². The first kappa shape index (κ1) is 15.2. The number of para-hydroxylation sites is 1. The Morgan fingerprint density at radius 3 is 1.74 bits per heavy atom. The Balaban J connectivity index is 1.51. The summed E-state index contributed by atoms with van der Waals surface area (Å²) >= 11 is 0. The van der Waals surface area contributed by atoms with Gasteiger partial charge >= 0.3 is 0 Å². The molecule has 0 aliphatic carbocycles. The van der Waals surface area contributed by atoms with Crippen LogP contribution in [0.25, 0.3) is 0 Å². The molecule has 0 radical (unpaired) electrons. The van der Waals surface area contributed by atoms with Gasteiger partial charge in [0.2, 0.25) is 6.79 Å². The quantitative estimate of drug-likeness (QED) is 0.597. The summed E-state index contributed by atoms with van der Waals surface area (Å²) in [4.78, 5) is 0. The second-order valence-electron chi connectivity index (χ2n) is 5.53. The van der Waals surface area contributed by atoms with Gasteiger partial charge in [-0.2, -0.15) is 0 Å². The van der Waals surface area contributed by atoms with E-state index in [1.54, 1.807) is 0 Å². The molecule has 0 aliphatic heterocycles. The predicted molar refractivity (Wildman–Crippen MR) is 93.0 cm³/mol. The standard InChI is InChI=1S/C21H20O2/c1-17-7-9-18(10-8-17)15-19-11-13-21(14-12-19)23-16-22-20-5-3-2-4-6-20/h2-14H,15-16H2,1H3. The van der Waals surface area contributed by atoms with Crippen LogP contribution < -0.4 is 9.47 Å². The van der Waals surface area contributed by atoms with Crippen LogP contribution in [0.4, 0.5) is 0 Å². The Hall–Kier alpha value is -2.74. The molecule has 2 nitrogen and oxygen atoms in total. The summed E-state index contributed by atoms with van der Waals surface area (Å²) in [5, 5.41) is 0. The molecule has 0 bridgehead atoms. The van der Waals surface area contributed by atoms with Gasteiger partial charge in [0.25, 0.3) is 0 Å². The summed E-state index contributed by atoms with van der Waals surface area (Å²) in [5.74, 6) is 1.62. The zero-order valence-corrected chi connectivity index (χ0v) is 13.2. The third kappa shape index (κ3) is 4.62. The van der Waals surface area contributed by atoms with Crippen LogP contribution in [0.2, 0.25) is 0 Å². The minimum absolute atomic E-state index is 0.210. The maximum atomic E-state index is 5.61. The molecule has 0 saturated carbocycles. The molecule has 3 aromatic carbocycles. The number of benzene rings is 3. The smallest absolute Gasteiger partial charge is 0.230 e. The molecular formula is C21H20O2. The maximum Gasteiger partial charge on any atom is 0.230 e. The van der Waals surface area contributed by atoms with Gasteiger partial charge < -0.3 is 9.47 Å². The average molecular weight is 304 g/mol. The van der Waals surface area contributed by atoms with Crippen molar-refractivity contribution < 1.29 is 9.47 Å². The van der Waals surface area contributed by atoms with Crippen molar-refractivity contribution in [2.75, 3.05) is 6.79 Å². The number of rotatable bonds is 6. The minimum Gasteiger partial charge on any atom is -0.458 e. The second kappa shape index (κ2) is 7.50. The van der Waals surface area contributed by atoms with Crippen molar-refractivity contribution in [3.63, 3.8) is 0 Å². The van der Waals surface area contributed by atoms with Gasteiger partial charge in [0.05, 0.1) is 0 Å². The highest BCUT2D eigenvalue weighted by Gasteiger charge is 1.99. The summed E-state index contributed by atoms with van der Waals surface area (Å²) in [6, 6.07) is 26.5. The third-order valence-electron chi connectivity index (χ3n) is 3.65. The van der Waals surface area contributed by atoms with E-state index in [9.17, 15) is 0 Å². The average Bonchev–Trinajstić information content (AvgIpc) is 2.59. The Labute approximate surface area is 137 Å². The molecule has 0 amide bonds. The molecule has 3 rings (SSSR count). The van der Waals surface area contributed by atoms with E-state index in [0.717, 1.165) is 17.9 Å². The van der Waals surface area contributed by atoms with Crippen molar-refractivity contribution in [1.29, 1.82) is 0 Å². The number of hydrogen-bond donors (Lipinski definition) is 0. The Morgan fingerprint density at radius 1 is 0.609 bits per heavy atom. The molecule has 0 atom stereocenters. The lowest BCUT2D eigenvalue weighted by Gasteiger charge is -2.09. The van der Waals surface area contributed by atoms with E-state index in [1.807, 2.05) is 42.5 Å². The molecule has 0 spiro atoms. The van der Waals surface area contributed by atoms with Gasteiger partial charge in [-0.3, -0.25) is 0 Å². The van der Waals surface area contributed by atoms with Crippen LogP contribution in [0.3, 0.4) is 0 Å². The van der Waals surface area contributed by atoms with E-state index in [2.05, 4.69) is 43.3 Å². The van der Waals surface area contributed by atoms with Gasteiger partial charge in [-0.05, 0) is 48.7 Å². The topological polar surface area (TPSA) is 18.5 Å². The molecule has 3 aromatic rings. The molecule has 0 N–H and O–H groups in total. The Kier molecular flexibility index (Phi) is 4.95. The molecule has 2 heteroatoms. The lowest BCUT2D eigenvalue weighted by Crippen LogP contribution is -2.05. The highest BCUT2D eigenvalue weighted by molar-refractivity contribution is 5.32. The van der Waals surface area contributed by atoms with Crippen LogP contribution >= 0.6 is 0 Å². The van der Waals surface area contributed by atoms with Crippen LogP contribution in [-0.4, -0.2) is 6.79 Å². The first-order chi connectivity index (χ1) is 11.3. The van der Waals surface area contributed by atoms with Crippen LogP contribution in [0.5, 0.6) is 11.5 Å². The number of aryl methyl sites for hydroxylation is 1. The summed E-state index contributed by atoms with van der Waals surface area (Å²) < 4.78 is 11.1. The lowest BCUT2D eigenvalue weighted by atomic mass is 10.0. The zero-order chi connectivity index (χ0) is 15.9. The van der Waals surface area contributed by atoms with Crippen molar-refractivity contribution >= 4 is 0 Å². The number of ether oxygens (including phenoxy) is 2. The predicted octanol–water partition coefficient (Wildman–Crippen LogP) is 5.00. The highest BCUT2D eigenvalue weighted by atomic mass is 16.7. The maximum absolute atomic E-state index is 5.61. The van der Waals surface area contributed by atoms with Crippen molar-refractivity contribution in [1.82, 2.24) is 0 Å². The fourth-order valence-corrected chi connectivity index (χ4v) is 2.33. The van der Waals surface area contributed by atoms with Crippen molar-refractivity contribution in [2.45, 2.75) is 13.3 Å². The van der Waals surface area contributed by atoms with E-state index in [0.29, 0.717) is 0 Å². The molecule has 23 heavy (non-hydrogen) atoms. The van der Waals surface area contributed by atoms with Crippen LogP contribution in [0.15, 0.2) is 78.9 Å². The summed E-state index contributed by atoms with van der Waals surface area (Å²) in [6.07, 6.45) is 0.932. The fourth-order valence-electron chi connectivity index (χ4n) is 2.33. The Bertz CT molecular complexity index is 716. The van der Waals surface area contributed by atoms with Gasteiger partial charge in [0, 0.05) is 0 Å². The molecule has 0 heterocycles. The van der Waals surface area contributed by atoms with E-state index < -0.39 is 0 Å². The molecule has 116 valence electrons. The van der Waals surface area contributed by atoms with Crippen molar-refractivity contribution in [3.8, 4) is 11.5 Å². The molecule has 0 aliphatic rings. The first-order valence-electron chi connectivity index (χ1n) is 7.75. The fraction of sp³-hybridized carbons (Fsp3) is 0.143. The number of hydrogen-bond acceptors (Lipinski definition) is 2. The van der Waals surface area contributed by atoms with Crippen LogP contribution in [0.1, 0.15) is 16.7 Å². The lowest BCUT2D eigenvalue weighted by molar-refractivity contribution is 0.120. The normalized spacial score (nSPS) is 10.3. The van der Waals surface area contributed by atoms with Crippen molar-refractivity contribution in [2.24, 2.45) is 0 Å². The van der Waals surface area contributed by atoms with E-state index in [4.69, 9.17) is 9.47 Å². The van der Waals surface area contributed by atoms with E-state index >= 15 is 0 Å². The zero-order valence-electron chi connectivity index (χ0n) is 13.2. The first-order valence-corrected chi connectivity index (χ1v) is 7.75. The molecule has 0 aromatic heterocycles. The Morgan fingerprint density at radius 2 is 1.13 bits per heavy atom. The van der Waals surface area contributed by atoms with Gasteiger partial charge in [0.1, 0.15) is 11.5 Å². The van der Waals surface area contributed by atoms with Crippen LogP contribution in [0, 0.1) is 6.92 Å². The molecule has 0 fully saturated rings. The molecular weight excluding hydrogens is 284 g/mol. The van der Waals surface area contributed by atoms with Gasteiger partial charge in [-0.1, -0.05) is 60.2 Å². The van der Waals surface area contributed by atoms with Crippen LogP contribution in [-0.2, 0) is 6.42 Å². The SMILES string of the molecule is Cc1ccc(Cc2ccc(OCOc3ccccc3)cc2)cc1. The summed E-state index contributed by atoms with van der Waals surface area (Å²) in [5.41, 5.74) is 3.87. The van der Waals surface area contributed by atoms with Crippen molar-refractivity contribution in [3.05, 3.63) is 95.6 Å². The second-order valence-corrected chi connectivity index (χ2v) is 5.53. The monoisotopic (exact) mass is 304 g/mol.